The number of esters is 1. The van der Waals surface area contributed by atoms with E-state index < -0.39 is 0 Å². The number of hydrogen-bond acceptors (Lipinski definition) is 7. The van der Waals surface area contributed by atoms with Gasteiger partial charge in [-0.2, -0.15) is 0 Å². The number of fused-ring (bicyclic) bond motifs is 2. The molecule has 7 heteroatoms. The number of carbonyl (C=O) groups excluding carboxylic acids is 1. The Bertz CT molecular complexity index is 872. The zero-order chi connectivity index (χ0) is 19.6. The van der Waals surface area contributed by atoms with Crippen LogP contribution in [-0.4, -0.2) is 39.5 Å². The Morgan fingerprint density at radius 3 is 2.75 bits per heavy atom. The quantitative estimate of drug-likeness (QED) is 0.629. The molecular weight excluding hydrogens is 372 g/mol. The molecular formula is C21H28N4O2S. The summed E-state index contributed by atoms with van der Waals surface area (Å²) in [7, 11) is 0. The molecule has 28 heavy (non-hydrogen) atoms. The molecule has 0 saturated carbocycles. The molecule has 2 saturated heterocycles. The molecule has 0 atom stereocenters. The van der Waals surface area contributed by atoms with Crippen LogP contribution in [0.25, 0.3) is 0 Å². The minimum absolute atomic E-state index is 0. The highest BCUT2D eigenvalue weighted by Crippen LogP contribution is 2.42. The maximum absolute atomic E-state index is 11.5. The van der Waals surface area contributed by atoms with E-state index in [4.69, 9.17) is 4.74 Å². The van der Waals surface area contributed by atoms with Crippen molar-refractivity contribution in [3.63, 3.8) is 0 Å². The Hall–Kier alpha value is -2.12. The van der Waals surface area contributed by atoms with Gasteiger partial charge in [0.15, 0.2) is 5.82 Å². The predicted molar refractivity (Wildman–Crippen MR) is 112 cm³/mol. The van der Waals surface area contributed by atoms with Gasteiger partial charge >= 0.3 is 5.97 Å². The van der Waals surface area contributed by atoms with Gasteiger partial charge in [0.1, 0.15) is 10.6 Å². The zero-order valence-electron chi connectivity index (χ0n) is 16.4. The lowest BCUT2D eigenvalue weighted by molar-refractivity contribution is -0.152. The molecule has 150 valence electrons. The summed E-state index contributed by atoms with van der Waals surface area (Å²) < 4.78 is 5.60. The van der Waals surface area contributed by atoms with Crippen LogP contribution in [0.4, 0.5) is 11.5 Å². The van der Waals surface area contributed by atoms with Crippen LogP contribution in [0.2, 0.25) is 0 Å². The van der Waals surface area contributed by atoms with E-state index in [-0.39, 0.29) is 13.0 Å². The van der Waals surface area contributed by atoms with Crippen molar-refractivity contribution in [1.29, 1.82) is 0 Å². The van der Waals surface area contributed by atoms with Crippen molar-refractivity contribution in [2.45, 2.75) is 61.6 Å². The summed E-state index contributed by atoms with van der Waals surface area (Å²) in [6.45, 7) is 6.86. The third kappa shape index (κ3) is 3.86. The summed E-state index contributed by atoms with van der Waals surface area (Å²) in [5, 5.41) is 4.31. The molecule has 3 aliphatic rings. The maximum atomic E-state index is 11.5. The van der Waals surface area contributed by atoms with E-state index >= 15 is 0 Å². The Labute approximate surface area is 171 Å². The van der Waals surface area contributed by atoms with E-state index in [1.807, 2.05) is 13.8 Å². The van der Waals surface area contributed by atoms with Crippen molar-refractivity contribution in [2.75, 3.05) is 18.4 Å². The maximum Gasteiger partial charge on any atom is 0.306 e. The van der Waals surface area contributed by atoms with Crippen LogP contribution in [0.3, 0.4) is 0 Å². The van der Waals surface area contributed by atoms with Crippen molar-refractivity contribution in [1.82, 2.24) is 14.9 Å². The molecule has 0 unspecified atom stereocenters. The number of anilines is 2. The highest BCUT2D eigenvalue weighted by Gasteiger charge is 2.42. The molecule has 1 spiro atoms. The zero-order valence-corrected chi connectivity index (χ0v) is 17.2. The van der Waals surface area contributed by atoms with Crippen LogP contribution in [0, 0.1) is 0 Å². The summed E-state index contributed by atoms with van der Waals surface area (Å²) in [5.74, 6) is 0.796. The minimum Gasteiger partial charge on any atom is -0.459 e. The third-order valence-corrected chi connectivity index (χ3v) is 6.52. The van der Waals surface area contributed by atoms with Crippen LogP contribution in [0.1, 0.15) is 46.5 Å². The number of rotatable bonds is 2. The van der Waals surface area contributed by atoms with E-state index in [0.717, 1.165) is 55.4 Å². The van der Waals surface area contributed by atoms with E-state index in [1.54, 1.807) is 24.2 Å². The first kappa shape index (κ1) is 19.2. The second-order valence-electron chi connectivity index (χ2n) is 7.20. The molecule has 6 nitrogen and oxygen atoms in total. The monoisotopic (exact) mass is 400 g/mol. The molecule has 1 aromatic carbocycles. The SMILES string of the molecule is CC.O=C1CCC2(CCN(Cc3ccc4c(c3)Nc3nccnc3S4)CC2)O1.[HH]. The van der Waals surface area contributed by atoms with Crippen molar-refractivity contribution in [2.24, 2.45) is 0 Å². The average molecular weight is 401 g/mol. The first-order valence-corrected chi connectivity index (χ1v) is 10.8. The summed E-state index contributed by atoms with van der Waals surface area (Å²) in [6, 6.07) is 6.55. The number of ether oxygens (including phenoxy) is 1. The van der Waals surface area contributed by atoms with Crippen molar-refractivity contribution < 1.29 is 11.0 Å². The van der Waals surface area contributed by atoms with Gasteiger partial charge in [0.25, 0.3) is 0 Å². The molecule has 0 amide bonds. The first-order chi connectivity index (χ1) is 13.7. The molecule has 2 aromatic rings. The van der Waals surface area contributed by atoms with Gasteiger partial charge in [-0.05, 0) is 24.1 Å². The normalized spacial score (nSPS) is 19.7. The fourth-order valence-electron chi connectivity index (χ4n) is 3.98. The van der Waals surface area contributed by atoms with Crippen LogP contribution in [-0.2, 0) is 16.1 Å². The summed E-state index contributed by atoms with van der Waals surface area (Å²) in [6.07, 6.45) is 6.79. The van der Waals surface area contributed by atoms with Gasteiger partial charge in [-0.1, -0.05) is 31.7 Å². The topological polar surface area (TPSA) is 67.4 Å². The second kappa shape index (κ2) is 8.09. The fraction of sp³-hybridized carbons (Fsp3) is 0.476. The number of aromatic nitrogens is 2. The summed E-state index contributed by atoms with van der Waals surface area (Å²) >= 11 is 1.65. The highest BCUT2D eigenvalue weighted by atomic mass is 32.2. The average Bonchev–Trinajstić information content (AvgIpc) is 3.10. The van der Waals surface area contributed by atoms with E-state index in [0.29, 0.717) is 6.42 Å². The Balaban J connectivity index is 0.000000778. The van der Waals surface area contributed by atoms with Gasteiger partial charge in [-0.3, -0.25) is 9.69 Å². The number of likely N-dealkylation sites (tertiary alicyclic amines) is 1. The minimum atomic E-state index is -0.177. The second-order valence-corrected chi connectivity index (χ2v) is 8.23. The fourth-order valence-corrected chi connectivity index (χ4v) is 4.86. The number of hydrogen-bond donors (Lipinski definition) is 1. The van der Waals surface area contributed by atoms with Crippen molar-refractivity contribution >= 4 is 29.2 Å². The number of benzene rings is 1. The lowest BCUT2D eigenvalue weighted by Crippen LogP contribution is -2.43. The van der Waals surface area contributed by atoms with Gasteiger partial charge in [-0.15, -0.1) is 0 Å². The molecule has 0 radical (unpaired) electrons. The van der Waals surface area contributed by atoms with Gasteiger partial charge in [-0.25, -0.2) is 9.97 Å². The molecule has 1 aromatic heterocycles. The predicted octanol–water partition coefficient (Wildman–Crippen LogP) is 4.63. The van der Waals surface area contributed by atoms with Crippen LogP contribution < -0.4 is 5.32 Å². The molecule has 0 bridgehead atoms. The first-order valence-electron chi connectivity index (χ1n) is 10.0. The highest BCUT2D eigenvalue weighted by molar-refractivity contribution is 7.99. The summed E-state index contributed by atoms with van der Waals surface area (Å²) in [5.41, 5.74) is 2.20. The molecule has 3 aliphatic heterocycles. The van der Waals surface area contributed by atoms with Crippen LogP contribution in [0.15, 0.2) is 40.5 Å². The lowest BCUT2D eigenvalue weighted by atomic mass is 9.88. The Morgan fingerprint density at radius 1 is 1.21 bits per heavy atom. The van der Waals surface area contributed by atoms with E-state index in [9.17, 15) is 4.79 Å². The van der Waals surface area contributed by atoms with E-state index in [2.05, 4.69) is 38.4 Å². The molecule has 4 heterocycles. The lowest BCUT2D eigenvalue weighted by Gasteiger charge is -2.38. The van der Waals surface area contributed by atoms with Gasteiger partial charge in [0.05, 0.1) is 5.69 Å². The number of nitrogens with one attached hydrogen (secondary N) is 1. The number of carbonyl (C=O) groups is 1. The molecule has 1 N–H and O–H groups in total. The van der Waals surface area contributed by atoms with Crippen molar-refractivity contribution in [3.05, 3.63) is 36.2 Å². The van der Waals surface area contributed by atoms with Crippen LogP contribution in [0.5, 0.6) is 0 Å². The van der Waals surface area contributed by atoms with Gasteiger partial charge < -0.3 is 10.1 Å². The van der Waals surface area contributed by atoms with Crippen LogP contribution >= 0.6 is 11.8 Å². The largest absolute Gasteiger partial charge is 0.459 e. The molecule has 0 aliphatic carbocycles. The standard InChI is InChI=1S/C19H20N4O2S.C2H6.H2/c24-16-3-4-19(25-16)5-9-23(10-6-19)12-13-1-2-15-14(11-13)22-17-18(26-15)21-8-7-20-17;1-2;/h1-2,7-8,11H,3-6,9-10,12H2,(H,20,22);1-2H3;1H. The Kier molecular flexibility index (Phi) is 5.55. The molecule has 2 fully saturated rings. The smallest absolute Gasteiger partial charge is 0.306 e. The van der Waals surface area contributed by atoms with Gasteiger partial charge in [0, 0.05) is 57.6 Å². The van der Waals surface area contributed by atoms with E-state index in [1.165, 1.54) is 10.5 Å². The van der Waals surface area contributed by atoms with Crippen molar-refractivity contribution in [3.8, 4) is 0 Å². The summed E-state index contributed by atoms with van der Waals surface area (Å²) in [4.78, 5) is 23.8. The molecule has 5 rings (SSSR count). The number of piperidine rings is 1. The third-order valence-electron chi connectivity index (χ3n) is 5.46. The number of nitrogens with zero attached hydrogens (tertiary/aromatic N) is 3. The van der Waals surface area contributed by atoms with Gasteiger partial charge in [0.2, 0.25) is 0 Å². The Morgan fingerprint density at radius 2 is 2.00 bits per heavy atom.